The summed E-state index contributed by atoms with van der Waals surface area (Å²) in [4.78, 5) is 0. The Hall–Kier alpha value is 0.250. The molecule has 2 heteroatoms. The number of rotatable bonds is 2. The molecule has 0 aromatic rings. The molecule has 0 saturated heterocycles. The van der Waals surface area contributed by atoms with Crippen LogP contribution in [0.3, 0.4) is 0 Å². The molecule has 0 spiro atoms. The number of hydrogen-bond donors (Lipinski definition) is 1. The van der Waals surface area contributed by atoms with Crippen molar-refractivity contribution >= 4 is 12.4 Å². The lowest BCUT2D eigenvalue weighted by Crippen LogP contribution is -2.33. The third-order valence-corrected chi connectivity index (χ3v) is 1.31. The lowest BCUT2D eigenvalue weighted by atomic mass is 9.94. The van der Waals surface area contributed by atoms with Gasteiger partial charge in [0.2, 0.25) is 0 Å². The van der Waals surface area contributed by atoms with E-state index in [1.54, 1.807) is 0 Å². The van der Waals surface area contributed by atoms with Crippen molar-refractivity contribution in [1.29, 1.82) is 0 Å². The molecule has 0 bridgehead atoms. The van der Waals surface area contributed by atoms with Gasteiger partial charge in [0.15, 0.2) is 0 Å². The minimum absolute atomic E-state index is 0. The van der Waals surface area contributed by atoms with E-state index in [0.717, 1.165) is 13.1 Å². The van der Waals surface area contributed by atoms with Gasteiger partial charge in [-0.15, -0.1) is 12.4 Å². The van der Waals surface area contributed by atoms with E-state index in [-0.39, 0.29) is 12.4 Å². The second-order valence-corrected chi connectivity index (χ2v) is 5.72. The maximum atomic E-state index is 3.47. The Bertz CT molecular complexity index is 94.0. The van der Waals surface area contributed by atoms with Gasteiger partial charge < -0.3 is 5.32 Å². The highest BCUT2D eigenvalue weighted by Crippen LogP contribution is 2.13. The lowest BCUT2D eigenvalue weighted by Gasteiger charge is -2.24. The normalized spacial score (nSPS) is 12.5. The van der Waals surface area contributed by atoms with Gasteiger partial charge in [0.05, 0.1) is 0 Å². The standard InChI is InChI=1S/C10H23N.ClH/c1-9(2,3)7-11-8-10(4,5)6;/h11H,7-8H2,1-6H3;1H. The van der Waals surface area contributed by atoms with Crippen molar-refractivity contribution < 1.29 is 0 Å². The molecule has 0 aliphatic heterocycles. The summed E-state index contributed by atoms with van der Waals surface area (Å²) >= 11 is 0. The van der Waals surface area contributed by atoms with Gasteiger partial charge >= 0.3 is 0 Å². The maximum absolute atomic E-state index is 3.47. The van der Waals surface area contributed by atoms with E-state index in [4.69, 9.17) is 0 Å². The Kier molecular flexibility index (Phi) is 6.25. The Labute approximate surface area is 83.7 Å². The third kappa shape index (κ3) is 12.9. The first-order chi connectivity index (χ1) is 4.71. The van der Waals surface area contributed by atoms with Crippen LogP contribution in [0.2, 0.25) is 0 Å². The van der Waals surface area contributed by atoms with Gasteiger partial charge in [-0.3, -0.25) is 0 Å². The molecule has 0 amide bonds. The summed E-state index contributed by atoms with van der Waals surface area (Å²) < 4.78 is 0. The van der Waals surface area contributed by atoms with Crippen LogP contribution in [0, 0.1) is 10.8 Å². The zero-order valence-corrected chi connectivity index (χ0v) is 10.1. The van der Waals surface area contributed by atoms with Crippen molar-refractivity contribution in [2.24, 2.45) is 10.8 Å². The lowest BCUT2D eigenvalue weighted by molar-refractivity contribution is 0.322. The van der Waals surface area contributed by atoms with E-state index in [0.29, 0.717) is 10.8 Å². The minimum atomic E-state index is 0. The van der Waals surface area contributed by atoms with Gasteiger partial charge in [-0.1, -0.05) is 41.5 Å². The second kappa shape index (κ2) is 5.08. The van der Waals surface area contributed by atoms with E-state index in [1.165, 1.54) is 0 Å². The smallest absolute Gasteiger partial charge is 0.0000101 e. The highest BCUT2D eigenvalue weighted by molar-refractivity contribution is 5.85. The van der Waals surface area contributed by atoms with Crippen molar-refractivity contribution in [2.45, 2.75) is 41.5 Å². The molecule has 76 valence electrons. The highest BCUT2D eigenvalue weighted by atomic mass is 35.5. The molecule has 0 aliphatic carbocycles. The molecular formula is C10H24ClN. The quantitative estimate of drug-likeness (QED) is 0.711. The van der Waals surface area contributed by atoms with Crippen molar-refractivity contribution in [3.8, 4) is 0 Å². The van der Waals surface area contributed by atoms with Gasteiger partial charge in [0.25, 0.3) is 0 Å². The Balaban J connectivity index is 0. The summed E-state index contributed by atoms with van der Waals surface area (Å²) in [6.07, 6.45) is 0. The van der Waals surface area contributed by atoms with Crippen LogP contribution < -0.4 is 5.32 Å². The SMILES string of the molecule is CC(C)(C)CNCC(C)(C)C.Cl. The minimum Gasteiger partial charge on any atom is -0.316 e. The first-order valence-corrected chi connectivity index (χ1v) is 4.41. The summed E-state index contributed by atoms with van der Waals surface area (Å²) in [6.45, 7) is 15.7. The van der Waals surface area contributed by atoms with Crippen molar-refractivity contribution in [1.82, 2.24) is 5.32 Å². The monoisotopic (exact) mass is 193 g/mol. The molecule has 0 unspecified atom stereocenters. The fraction of sp³-hybridized carbons (Fsp3) is 1.00. The van der Waals surface area contributed by atoms with Crippen LogP contribution in [0.25, 0.3) is 0 Å². The average Bonchev–Trinajstić information content (AvgIpc) is 1.55. The molecule has 12 heavy (non-hydrogen) atoms. The summed E-state index contributed by atoms with van der Waals surface area (Å²) in [5, 5.41) is 3.47. The van der Waals surface area contributed by atoms with Crippen LogP contribution in [0.4, 0.5) is 0 Å². The molecule has 0 heterocycles. The molecule has 0 rings (SSSR count). The molecule has 1 nitrogen and oxygen atoms in total. The van der Waals surface area contributed by atoms with Gasteiger partial charge in [-0.25, -0.2) is 0 Å². The van der Waals surface area contributed by atoms with Crippen molar-refractivity contribution in [2.75, 3.05) is 13.1 Å². The highest BCUT2D eigenvalue weighted by Gasteiger charge is 2.13. The molecule has 0 aliphatic rings. The molecule has 0 atom stereocenters. The number of nitrogens with one attached hydrogen (secondary N) is 1. The topological polar surface area (TPSA) is 12.0 Å². The first-order valence-electron chi connectivity index (χ1n) is 4.41. The molecule has 0 aromatic heterocycles. The predicted molar refractivity (Wildman–Crippen MR) is 59.0 cm³/mol. The van der Waals surface area contributed by atoms with E-state index < -0.39 is 0 Å². The Morgan fingerprint density at radius 3 is 1.17 bits per heavy atom. The van der Waals surface area contributed by atoms with Crippen LogP contribution in [0.5, 0.6) is 0 Å². The van der Waals surface area contributed by atoms with E-state index in [2.05, 4.69) is 46.9 Å². The largest absolute Gasteiger partial charge is 0.316 e. The molecule has 0 saturated carbocycles. The van der Waals surface area contributed by atoms with Crippen LogP contribution in [0.1, 0.15) is 41.5 Å². The van der Waals surface area contributed by atoms with Crippen LogP contribution in [-0.4, -0.2) is 13.1 Å². The number of hydrogen-bond acceptors (Lipinski definition) is 1. The summed E-state index contributed by atoms with van der Waals surface area (Å²) in [7, 11) is 0. The van der Waals surface area contributed by atoms with Gasteiger partial charge in [0, 0.05) is 13.1 Å². The zero-order valence-electron chi connectivity index (χ0n) is 9.32. The second-order valence-electron chi connectivity index (χ2n) is 5.72. The molecule has 1 N–H and O–H groups in total. The van der Waals surface area contributed by atoms with Gasteiger partial charge in [-0.2, -0.15) is 0 Å². The van der Waals surface area contributed by atoms with Gasteiger partial charge in [-0.05, 0) is 10.8 Å². The van der Waals surface area contributed by atoms with E-state index in [1.807, 2.05) is 0 Å². The fourth-order valence-corrected chi connectivity index (χ4v) is 0.812. The molecular weight excluding hydrogens is 170 g/mol. The van der Waals surface area contributed by atoms with Crippen molar-refractivity contribution in [3.05, 3.63) is 0 Å². The first kappa shape index (κ1) is 14.8. The van der Waals surface area contributed by atoms with Gasteiger partial charge in [0.1, 0.15) is 0 Å². The molecule has 0 radical (unpaired) electrons. The molecule has 0 fully saturated rings. The van der Waals surface area contributed by atoms with Crippen molar-refractivity contribution in [3.63, 3.8) is 0 Å². The fourth-order valence-electron chi connectivity index (χ4n) is 0.812. The number of halogens is 1. The van der Waals surface area contributed by atoms with Crippen LogP contribution in [0.15, 0.2) is 0 Å². The maximum Gasteiger partial charge on any atom is 0.0000101 e. The third-order valence-electron chi connectivity index (χ3n) is 1.31. The van der Waals surface area contributed by atoms with Crippen LogP contribution in [-0.2, 0) is 0 Å². The predicted octanol–water partition coefficient (Wildman–Crippen LogP) is 3.09. The zero-order chi connectivity index (χ0) is 9.12. The Morgan fingerprint density at radius 2 is 1.00 bits per heavy atom. The Morgan fingerprint density at radius 1 is 0.750 bits per heavy atom. The summed E-state index contributed by atoms with van der Waals surface area (Å²) in [5.41, 5.74) is 0.816. The van der Waals surface area contributed by atoms with E-state index >= 15 is 0 Å². The van der Waals surface area contributed by atoms with Crippen LogP contribution >= 0.6 is 12.4 Å². The molecule has 0 aromatic carbocycles. The van der Waals surface area contributed by atoms with E-state index in [9.17, 15) is 0 Å². The average molecular weight is 194 g/mol. The summed E-state index contributed by atoms with van der Waals surface area (Å²) in [5.74, 6) is 0. The summed E-state index contributed by atoms with van der Waals surface area (Å²) in [6, 6.07) is 0.